The van der Waals surface area contributed by atoms with Crippen molar-refractivity contribution in [1.29, 1.82) is 0 Å². The molecule has 3 amide bonds. The number of hydrogen-bond donors (Lipinski definition) is 1. The van der Waals surface area contributed by atoms with Crippen molar-refractivity contribution in [3.05, 3.63) is 48.5 Å². The summed E-state index contributed by atoms with van der Waals surface area (Å²) in [5.41, 5.74) is 1.52. The van der Waals surface area contributed by atoms with Crippen LogP contribution in [0.5, 0.6) is 11.5 Å². The molecule has 158 valence electrons. The van der Waals surface area contributed by atoms with Gasteiger partial charge < -0.3 is 19.7 Å². The zero-order valence-corrected chi connectivity index (χ0v) is 17.3. The number of likely N-dealkylation sites (tertiary alicyclic amines) is 1. The van der Waals surface area contributed by atoms with Gasteiger partial charge in [-0.05, 0) is 44.0 Å². The fourth-order valence-corrected chi connectivity index (χ4v) is 4.02. The predicted octanol–water partition coefficient (Wildman–Crippen LogP) is 3.75. The van der Waals surface area contributed by atoms with E-state index < -0.39 is 0 Å². The molecule has 2 aliphatic rings. The van der Waals surface area contributed by atoms with Crippen LogP contribution in [-0.4, -0.2) is 49.7 Å². The van der Waals surface area contributed by atoms with E-state index in [0.29, 0.717) is 38.2 Å². The monoisotopic (exact) mass is 409 g/mol. The molecule has 0 aliphatic carbocycles. The summed E-state index contributed by atoms with van der Waals surface area (Å²) in [6.07, 6.45) is 1.22. The van der Waals surface area contributed by atoms with E-state index in [4.69, 9.17) is 9.47 Å². The lowest BCUT2D eigenvalue weighted by Crippen LogP contribution is -2.51. The van der Waals surface area contributed by atoms with E-state index in [9.17, 15) is 9.59 Å². The Morgan fingerprint density at radius 1 is 1.10 bits per heavy atom. The molecule has 2 aromatic carbocycles. The number of carbonyl (C=O) groups excluding carboxylic acids is 2. The third-order valence-electron chi connectivity index (χ3n) is 5.63. The Labute approximate surface area is 176 Å². The Bertz CT molecular complexity index is 924. The van der Waals surface area contributed by atoms with Crippen molar-refractivity contribution in [1.82, 2.24) is 4.90 Å². The number of carbonyl (C=O) groups is 2. The lowest BCUT2D eigenvalue weighted by atomic mass is 9.96. The zero-order valence-electron chi connectivity index (χ0n) is 17.3. The molecule has 7 nitrogen and oxygen atoms in total. The van der Waals surface area contributed by atoms with Gasteiger partial charge in [0.2, 0.25) is 5.91 Å². The Hall–Kier alpha value is -3.22. The highest BCUT2D eigenvalue weighted by Gasteiger charge is 2.33. The Morgan fingerprint density at radius 2 is 1.87 bits per heavy atom. The first-order chi connectivity index (χ1) is 14.5. The summed E-state index contributed by atoms with van der Waals surface area (Å²) < 4.78 is 11.1. The fraction of sp³-hybridized carbons (Fsp3) is 0.391. The molecule has 1 saturated heterocycles. The summed E-state index contributed by atoms with van der Waals surface area (Å²) in [4.78, 5) is 29.5. The molecule has 7 heteroatoms. The molecule has 0 saturated carbocycles. The summed E-state index contributed by atoms with van der Waals surface area (Å²) >= 11 is 0. The largest absolute Gasteiger partial charge is 0.497 e. The van der Waals surface area contributed by atoms with Crippen LogP contribution in [0.25, 0.3) is 0 Å². The number of fused-ring (bicyclic) bond motifs is 1. The number of para-hydroxylation sites is 2. The van der Waals surface area contributed by atoms with Crippen molar-refractivity contribution in [3.8, 4) is 11.5 Å². The maximum atomic E-state index is 13.2. The van der Waals surface area contributed by atoms with Crippen molar-refractivity contribution >= 4 is 23.3 Å². The van der Waals surface area contributed by atoms with Crippen LogP contribution in [0.15, 0.2) is 48.5 Å². The molecule has 1 atom stereocenters. The number of anilines is 2. The van der Waals surface area contributed by atoms with Crippen molar-refractivity contribution in [2.45, 2.75) is 25.9 Å². The Kier molecular flexibility index (Phi) is 5.79. The summed E-state index contributed by atoms with van der Waals surface area (Å²) in [6, 6.07) is 14.9. The number of amides is 3. The number of nitrogens with zero attached hydrogens (tertiary/aromatic N) is 2. The standard InChI is InChI=1S/C23H27N3O4/c1-16-15-26(20-8-3-4-9-21(20)30-16)23(28)25-12-10-17(11-13-25)22(27)24-18-6-5-7-19(14-18)29-2/h3-9,14,16-17H,10-13,15H2,1-2H3,(H,24,27)/t16-/m0/s1. The van der Waals surface area contributed by atoms with Gasteiger partial charge in [-0.1, -0.05) is 18.2 Å². The van der Waals surface area contributed by atoms with E-state index in [1.54, 1.807) is 18.1 Å². The number of piperidine rings is 1. The normalized spacial score (nSPS) is 18.9. The van der Waals surface area contributed by atoms with Gasteiger partial charge in [0.1, 0.15) is 17.6 Å². The van der Waals surface area contributed by atoms with Gasteiger partial charge in [0.15, 0.2) is 0 Å². The molecule has 0 spiro atoms. The van der Waals surface area contributed by atoms with Gasteiger partial charge in [0.05, 0.1) is 19.3 Å². The SMILES string of the molecule is COc1cccc(NC(=O)C2CCN(C(=O)N3C[C@H](C)Oc4ccccc43)CC2)c1. The van der Waals surface area contributed by atoms with E-state index in [2.05, 4.69) is 5.32 Å². The third-order valence-corrected chi connectivity index (χ3v) is 5.63. The molecule has 1 N–H and O–H groups in total. The van der Waals surface area contributed by atoms with E-state index in [1.807, 2.05) is 54.3 Å². The van der Waals surface area contributed by atoms with Gasteiger partial charge in [-0.2, -0.15) is 0 Å². The highest BCUT2D eigenvalue weighted by molar-refractivity contribution is 5.95. The van der Waals surface area contributed by atoms with Crippen molar-refractivity contribution < 1.29 is 19.1 Å². The molecular formula is C23H27N3O4. The van der Waals surface area contributed by atoms with Crippen molar-refractivity contribution in [3.63, 3.8) is 0 Å². The summed E-state index contributed by atoms with van der Waals surface area (Å²) in [6.45, 7) is 3.60. The zero-order chi connectivity index (χ0) is 21.1. The molecule has 0 unspecified atom stereocenters. The van der Waals surface area contributed by atoms with Crippen LogP contribution < -0.4 is 19.7 Å². The topological polar surface area (TPSA) is 71.1 Å². The molecule has 0 aromatic heterocycles. The van der Waals surface area contributed by atoms with Gasteiger partial charge in [0, 0.05) is 30.8 Å². The molecule has 0 bridgehead atoms. The van der Waals surface area contributed by atoms with E-state index in [-0.39, 0.29) is 24.0 Å². The van der Waals surface area contributed by atoms with Crippen LogP contribution in [-0.2, 0) is 4.79 Å². The summed E-state index contributed by atoms with van der Waals surface area (Å²) in [7, 11) is 1.60. The Morgan fingerprint density at radius 3 is 2.63 bits per heavy atom. The minimum Gasteiger partial charge on any atom is -0.497 e. The van der Waals surface area contributed by atoms with Gasteiger partial charge in [-0.25, -0.2) is 4.79 Å². The number of benzene rings is 2. The first kappa shape index (κ1) is 20.1. The van der Waals surface area contributed by atoms with Crippen LogP contribution in [0.2, 0.25) is 0 Å². The van der Waals surface area contributed by atoms with Crippen LogP contribution in [0, 0.1) is 5.92 Å². The molecule has 1 fully saturated rings. The number of ether oxygens (including phenoxy) is 2. The molecule has 2 aliphatic heterocycles. The van der Waals surface area contributed by atoms with E-state index in [1.165, 1.54) is 0 Å². The smallest absolute Gasteiger partial charge is 0.324 e. The highest BCUT2D eigenvalue weighted by atomic mass is 16.5. The molecule has 0 radical (unpaired) electrons. The maximum absolute atomic E-state index is 13.2. The number of urea groups is 1. The third kappa shape index (κ3) is 4.20. The second kappa shape index (κ2) is 8.65. The number of hydrogen-bond acceptors (Lipinski definition) is 4. The second-order valence-electron chi connectivity index (χ2n) is 7.77. The van der Waals surface area contributed by atoms with Gasteiger partial charge in [-0.3, -0.25) is 9.69 Å². The predicted molar refractivity (Wildman–Crippen MR) is 115 cm³/mol. The molecular weight excluding hydrogens is 382 g/mol. The minimum absolute atomic E-state index is 0.0132. The Balaban J connectivity index is 1.36. The van der Waals surface area contributed by atoms with Gasteiger partial charge >= 0.3 is 6.03 Å². The van der Waals surface area contributed by atoms with Crippen molar-refractivity contribution in [2.75, 3.05) is 37.0 Å². The second-order valence-corrected chi connectivity index (χ2v) is 7.77. The number of rotatable bonds is 3. The van der Waals surface area contributed by atoms with Gasteiger partial charge in [-0.15, -0.1) is 0 Å². The van der Waals surface area contributed by atoms with Crippen molar-refractivity contribution in [2.24, 2.45) is 5.92 Å². The van der Waals surface area contributed by atoms with Gasteiger partial charge in [0.25, 0.3) is 0 Å². The maximum Gasteiger partial charge on any atom is 0.324 e. The van der Waals surface area contributed by atoms with Crippen LogP contribution in [0.3, 0.4) is 0 Å². The van der Waals surface area contributed by atoms with E-state index >= 15 is 0 Å². The lowest BCUT2D eigenvalue weighted by Gasteiger charge is -2.39. The first-order valence-corrected chi connectivity index (χ1v) is 10.3. The lowest BCUT2D eigenvalue weighted by molar-refractivity contribution is -0.121. The van der Waals surface area contributed by atoms with Crippen LogP contribution in [0.1, 0.15) is 19.8 Å². The fourth-order valence-electron chi connectivity index (χ4n) is 4.02. The minimum atomic E-state index is -0.115. The highest BCUT2D eigenvalue weighted by Crippen LogP contribution is 2.34. The number of nitrogens with one attached hydrogen (secondary N) is 1. The summed E-state index contributed by atoms with van der Waals surface area (Å²) in [5, 5.41) is 2.96. The number of methoxy groups -OCH3 is 1. The summed E-state index contributed by atoms with van der Waals surface area (Å²) in [5.74, 6) is 1.31. The average Bonchev–Trinajstić information content (AvgIpc) is 2.78. The first-order valence-electron chi connectivity index (χ1n) is 10.3. The quantitative estimate of drug-likeness (QED) is 0.838. The van der Waals surface area contributed by atoms with Crippen LogP contribution >= 0.6 is 0 Å². The molecule has 2 aromatic rings. The van der Waals surface area contributed by atoms with Crippen LogP contribution in [0.4, 0.5) is 16.2 Å². The average molecular weight is 409 g/mol. The van der Waals surface area contributed by atoms with E-state index in [0.717, 1.165) is 17.1 Å². The molecule has 2 heterocycles. The molecule has 30 heavy (non-hydrogen) atoms. The molecule has 4 rings (SSSR count).